The zero-order valence-corrected chi connectivity index (χ0v) is 18.1. The first-order valence-electron chi connectivity index (χ1n) is 9.47. The number of aryl methyl sites for hydroxylation is 2. The molecule has 0 aliphatic heterocycles. The number of hydrogen-bond donors (Lipinski definition) is 1. The first-order valence-corrected chi connectivity index (χ1v) is 11.3. The molecule has 0 aliphatic rings. The minimum Gasteiger partial charge on any atom is -0.492 e. The lowest BCUT2D eigenvalue weighted by Gasteiger charge is -2.22. The largest absolute Gasteiger partial charge is 0.492 e. The van der Waals surface area contributed by atoms with E-state index in [2.05, 4.69) is 5.32 Å². The van der Waals surface area contributed by atoms with Gasteiger partial charge < -0.3 is 10.1 Å². The molecule has 164 valence electrons. The van der Waals surface area contributed by atoms with Crippen molar-refractivity contribution < 1.29 is 26.7 Å². The molecule has 2 aromatic rings. The summed E-state index contributed by atoms with van der Waals surface area (Å²) in [6.07, 6.45) is 1.27. The number of ether oxygens (including phenoxy) is 1. The highest BCUT2D eigenvalue weighted by atomic mass is 32.2. The maximum absolute atomic E-state index is 13.4. The van der Waals surface area contributed by atoms with Gasteiger partial charge in [0.25, 0.3) is 0 Å². The molecular formula is C21H26F2N2O4S. The molecule has 0 aliphatic carbocycles. The van der Waals surface area contributed by atoms with Gasteiger partial charge in [0.2, 0.25) is 15.9 Å². The molecule has 9 heteroatoms. The summed E-state index contributed by atoms with van der Waals surface area (Å²) in [5, 5.41) is 2.71. The SMILES string of the molecule is Cc1cc(C)cc(OCCNC(=O)CCCN(c2ccc(F)c(F)c2)S(C)(=O)=O)c1. The van der Waals surface area contributed by atoms with Crippen LogP contribution in [0.25, 0.3) is 0 Å². The standard InChI is InChI=1S/C21H26F2N2O4S/c1-15-11-16(2)13-18(12-15)29-10-8-24-21(26)5-4-9-25(30(3,27)28)17-6-7-19(22)20(23)14-17/h6-7,11-14H,4-5,8-10H2,1-3H3,(H,24,26). The lowest BCUT2D eigenvalue weighted by atomic mass is 10.1. The van der Waals surface area contributed by atoms with Crippen LogP contribution in [0.4, 0.5) is 14.5 Å². The van der Waals surface area contributed by atoms with Crippen molar-refractivity contribution in [2.24, 2.45) is 0 Å². The molecular weight excluding hydrogens is 414 g/mol. The van der Waals surface area contributed by atoms with Gasteiger partial charge in [0.1, 0.15) is 12.4 Å². The summed E-state index contributed by atoms with van der Waals surface area (Å²) in [5.41, 5.74) is 2.19. The Balaban J connectivity index is 1.79. The summed E-state index contributed by atoms with van der Waals surface area (Å²) in [6, 6.07) is 8.73. The van der Waals surface area contributed by atoms with Crippen molar-refractivity contribution in [2.45, 2.75) is 26.7 Å². The summed E-state index contributed by atoms with van der Waals surface area (Å²) in [4.78, 5) is 12.0. The normalized spacial score (nSPS) is 11.2. The Morgan fingerprint density at radius 1 is 1.07 bits per heavy atom. The van der Waals surface area contributed by atoms with E-state index in [-0.39, 0.29) is 31.0 Å². The summed E-state index contributed by atoms with van der Waals surface area (Å²) < 4.78 is 57.1. The van der Waals surface area contributed by atoms with Crippen LogP contribution in [-0.2, 0) is 14.8 Å². The average Bonchev–Trinajstić information content (AvgIpc) is 2.63. The molecule has 0 radical (unpaired) electrons. The zero-order valence-electron chi connectivity index (χ0n) is 17.2. The van der Waals surface area contributed by atoms with E-state index in [1.807, 2.05) is 32.0 Å². The Hall–Kier alpha value is -2.68. The number of hydrogen-bond acceptors (Lipinski definition) is 4. The molecule has 0 saturated carbocycles. The van der Waals surface area contributed by atoms with Crippen LogP contribution in [0.5, 0.6) is 5.75 Å². The fourth-order valence-electron chi connectivity index (χ4n) is 2.97. The van der Waals surface area contributed by atoms with Gasteiger partial charge in [-0.2, -0.15) is 0 Å². The molecule has 0 fully saturated rings. The van der Waals surface area contributed by atoms with Gasteiger partial charge in [0, 0.05) is 19.0 Å². The number of anilines is 1. The van der Waals surface area contributed by atoms with Gasteiger partial charge >= 0.3 is 0 Å². The predicted molar refractivity (Wildman–Crippen MR) is 112 cm³/mol. The third-order valence-electron chi connectivity index (χ3n) is 4.24. The van der Waals surface area contributed by atoms with E-state index in [1.165, 1.54) is 6.07 Å². The fraction of sp³-hybridized carbons (Fsp3) is 0.381. The lowest BCUT2D eigenvalue weighted by molar-refractivity contribution is -0.121. The number of sulfonamides is 1. The number of benzene rings is 2. The van der Waals surface area contributed by atoms with Gasteiger partial charge in [0.15, 0.2) is 11.6 Å². The minimum atomic E-state index is -3.71. The van der Waals surface area contributed by atoms with Crippen molar-refractivity contribution in [3.63, 3.8) is 0 Å². The monoisotopic (exact) mass is 440 g/mol. The van der Waals surface area contributed by atoms with Crippen molar-refractivity contribution in [1.29, 1.82) is 0 Å². The van der Waals surface area contributed by atoms with Crippen molar-refractivity contribution in [3.05, 3.63) is 59.2 Å². The molecule has 0 aromatic heterocycles. The second-order valence-corrected chi connectivity index (χ2v) is 8.97. The number of halogens is 2. The van der Waals surface area contributed by atoms with Gasteiger partial charge in [-0.3, -0.25) is 9.10 Å². The quantitative estimate of drug-likeness (QED) is 0.575. The van der Waals surface area contributed by atoms with Gasteiger partial charge in [0.05, 0.1) is 18.5 Å². The highest BCUT2D eigenvalue weighted by Crippen LogP contribution is 2.21. The van der Waals surface area contributed by atoms with E-state index < -0.39 is 21.7 Å². The van der Waals surface area contributed by atoms with E-state index >= 15 is 0 Å². The summed E-state index contributed by atoms with van der Waals surface area (Å²) >= 11 is 0. The Morgan fingerprint density at radius 2 is 1.73 bits per heavy atom. The Kier molecular flexibility index (Phi) is 8.16. The third kappa shape index (κ3) is 7.29. The van der Waals surface area contributed by atoms with Crippen LogP contribution < -0.4 is 14.4 Å². The first-order chi connectivity index (χ1) is 14.1. The molecule has 1 amide bonds. The number of carbonyl (C=O) groups excluding carboxylic acids is 1. The Bertz CT molecular complexity index is 976. The molecule has 30 heavy (non-hydrogen) atoms. The maximum atomic E-state index is 13.4. The predicted octanol–water partition coefficient (Wildman–Crippen LogP) is 3.32. The average molecular weight is 441 g/mol. The number of carbonyl (C=O) groups is 1. The van der Waals surface area contributed by atoms with Crippen molar-refractivity contribution in [1.82, 2.24) is 5.32 Å². The van der Waals surface area contributed by atoms with Crippen LogP contribution in [0, 0.1) is 25.5 Å². The number of nitrogens with zero attached hydrogens (tertiary/aromatic N) is 1. The Morgan fingerprint density at radius 3 is 2.33 bits per heavy atom. The van der Waals surface area contributed by atoms with Crippen molar-refractivity contribution in [3.8, 4) is 5.75 Å². The smallest absolute Gasteiger partial charge is 0.232 e. The van der Waals surface area contributed by atoms with Crippen LogP contribution in [0.15, 0.2) is 36.4 Å². The maximum Gasteiger partial charge on any atom is 0.232 e. The number of nitrogens with one attached hydrogen (secondary N) is 1. The summed E-state index contributed by atoms with van der Waals surface area (Å²) in [7, 11) is -3.71. The first kappa shape index (κ1) is 23.6. The van der Waals surface area contributed by atoms with E-state index in [0.717, 1.165) is 39.6 Å². The number of rotatable bonds is 10. The molecule has 0 atom stereocenters. The third-order valence-corrected chi connectivity index (χ3v) is 5.44. The van der Waals surface area contributed by atoms with Gasteiger partial charge in [-0.25, -0.2) is 17.2 Å². The van der Waals surface area contributed by atoms with Crippen LogP contribution in [0.1, 0.15) is 24.0 Å². The minimum absolute atomic E-state index is 0.0126. The molecule has 0 bridgehead atoms. The van der Waals surface area contributed by atoms with Gasteiger partial charge in [-0.1, -0.05) is 6.07 Å². The van der Waals surface area contributed by atoms with Crippen LogP contribution in [-0.4, -0.2) is 40.3 Å². The zero-order chi connectivity index (χ0) is 22.3. The lowest BCUT2D eigenvalue weighted by Crippen LogP contribution is -2.33. The van der Waals surface area contributed by atoms with Crippen LogP contribution in [0.3, 0.4) is 0 Å². The molecule has 2 rings (SSSR count). The van der Waals surface area contributed by atoms with Crippen LogP contribution in [0.2, 0.25) is 0 Å². The van der Waals surface area contributed by atoms with E-state index in [4.69, 9.17) is 4.74 Å². The molecule has 1 N–H and O–H groups in total. The number of amides is 1. The summed E-state index contributed by atoms with van der Waals surface area (Å²) in [5.74, 6) is -1.72. The second-order valence-electron chi connectivity index (χ2n) is 7.06. The molecule has 0 heterocycles. The highest BCUT2D eigenvalue weighted by molar-refractivity contribution is 7.92. The second kappa shape index (κ2) is 10.4. The van der Waals surface area contributed by atoms with Crippen LogP contribution >= 0.6 is 0 Å². The molecule has 0 unspecified atom stereocenters. The topological polar surface area (TPSA) is 75.7 Å². The van der Waals surface area contributed by atoms with Crippen molar-refractivity contribution in [2.75, 3.05) is 30.3 Å². The Labute approximate surface area is 175 Å². The molecule has 6 nitrogen and oxygen atoms in total. The fourth-order valence-corrected chi connectivity index (χ4v) is 3.93. The van der Waals surface area contributed by atoms with E-state index in [1.54, 1.807) is 0 Å². The van der Waals surface area contributed by atoms with Gasteiger partial charge in [-0.15, -0.1) is 0 Å². The van der Waals surface area contributed by atoms with E-state index in [0.29, 0.717) is 13.2 Å². The highest BCUT2D eigenvalue weighted by Gasteiger charge is 2.19. The molecule has 0 spiro atoms. The van der Waals surface area contributed by atoms with Crippen molar-refractivity contribution >= 4 is 21.6 Å². The molecule has 2 aromatic carbocycles. The van der Waals surface area contributed by atoms with Gasteiger partial charge in [-0.05, 0) is 55.7 Å². The van der Waals surface area contributed by atoms with E-state index in [9.17, 15) is 22.0 Å². The molecule has 0 saturated heterocycles. The summed E-state index contributed by atoms with van der Waals surface area (Å²) in [6.45, 7) is 4.53.